The van der Waals surface area contributed by atoms with Crippen molar-refractivity contribution in [2.24, 2.45) is 0 Å². The third-order valence-electron chi connectivity index (χ3n) is 3.50. The maximum absolute atomic E-state index is 12.2. The predicted molar refractivity (Wildman–Crippen MR) is 81.2 cm³/mol. The minimum absolute atomic E-state index is 0.0574. The van der Waals surface area contributed by atoms with E-state index in [0.29, 0.717) is 5.75 Å². The number of nitrogens with one attached hydrogen (secondary N) is 1. The van der Waals surface area contributed by atoms with Gasteiger partial charge < -0.3 is 20.3 Å². The van der Waals surface area contributed by atoms with Crippen LogP contribution in [0.4, 0.5) is 0 Å². The van der Waals surface area contributed by atoms with E-state index in [4.69, 9.17) is 14.9 Å². The van der Waals surface area contributed by atoms with Gasteiger partial charge in [-0.3, -0.25) is 14.4 Å². The van der Waals surface area contributed by atoms with Crippen molar-refractivity contribution in [3.05, 3.63) is 29.3 Å². The molecule has 1 atom stereocenters. The number of carboxylic acids is 2. The molecule has 1 aromatic carbocycles. The Labute approximate surface area is 137 Å². The van der Waals surface area contributed by atoms with Crippen LogP contribution in [0.5, 0.6) is 5.75 Å². The van der Waals surface area contributed by atoms with Gasteiger partial charge >= 0.3 is 11.9 Å². The van der Waals surface area contributed by atoms with E-state index in [9.17, 15) is 19.2 Å². The van der Waals surface area contributed by atoms with Crippen LogP contribution in [0.3, 0.4) is 0 Å². The highest BCUT2D eigenvalue weighted by atomic mass is 16.5. The zero-order valence-corrected chi connectivity index (χ0v) is 13.2. The van der Waals surface area contributed by atoms with Crippen LogP contribution in [0.1, 0.15) is 47.4 Å². The molecule has 0 fully saturated rings. The number of carboxylic acid groups (broad SMARTS) is 2. The standard InChI is InChI=1S/C16H17NO7/c1-16(2)7-11(18)9-5-8(3-4-12(9)24-16)14(21)17-10(15(22)23)6-13(19)20/h3-5,10H,6-7H2,1-2H3,(H,17,21)(H,19,20)(H,22,23). The molecule has 0 radical (unpaired) electrons. The molecule has 3 N–H and O–H groups in total. The molecular weight excluding hydrogens is 318 g/mol. The summed E-state index contributed by atoms with van der Waals surface area (Å²) in [6.45, 7) is 3.55. The smallest absolute Gasteiger partial charge is 0.326 e. The highest BCUT2D eigenvalue weighted by molar-refractivity contribution is 6.04. The molecule has 1 aliphatic rings. The molecule has 1 unspecified atom stereocenters. The summed E-state index contributed by atoms with van der Waals surface area (Å²) in [7, 11) is 0. The Balaban J connectivity index is 2.22. The molecule has 128 valence electrons. The minimum Gasteiger partial charge on any atom is -0.487 e. The molecule has 8 nitrogen and oxygen atoms in total. The maximum Gasteiger partial charge on any atom is 0.326 e. The molecular formula is C16H17NO7. The Morgan fingerprint density at radius 3 is 2.54 bits per heavy atom. The average Bonchev–Trinajstić information content (AvgIpc) is 2.44. The molecule has 1 aliphatic heterocycles. The highest BCUT2D eigenvalue weighted by Gasteiger charge is 2.33. The fourth-order valence-corrected chi connectivity index (χ4v) is 2.41. The molecule has 0 aliphatic carbocycles. The molecule has 0 bridgehead atoms. The number of carbonyl (C=O) groups excluding carboxylic acids is 2. The van der Waals surface area contributed by atoms with Crippen molar-refractivity contribution in [3.8, 4) is 5.75 Å². The summed E-state index contributed by atoms with van der Waals surface area (Å²) in [6, 6.07) is 2.62. The van der Waals surface area contributed by atoms with Gasteiger partial charge in [-0.15, -0.1) is 0 Å². The van der Waals surface area contributed by atoms with E-state index in [1.807, 2.05) is 0 Å². The van der Waals surface area contributed by atoms with Gasteiger partial charge in [-0.1, -0.05) is 0 Å². The topological polar surface area (TPSA) is 130 Å². The summed E-state index contributed by atoms with van der Waals surface area (Å²) in [4.78, 5) is 46.0. The Kier molecular flexibility index (Phi) is 4.59. The van der Waals surface area contributed by atoms with Crippen LogP contribution in [-0.2, 0) is 9.59 Å². The molecule has 8 heteroatoms. The lowest BCUT2D eigenvalue weighted by Gasteiger charge is -2.31. The average molecular weight is 335 g/mol. The van der Waals surface area contributed by atoms with Crippen molar-refractivity contribution < 1.29 is 34.1 Å². The lowest BCUT2D eigenvalue weighted by molar-refractivity contribution is -0.145. The number of hydrogen-bond acceptors (Lipinski definition) is 5. The summed E-state index contributed by atoms with van der Waals surface area (Å²) < 4.78 is 5.67. The number of fused-ring (bicyclic) bond motifs is 1. The van der Waals surface area contributed by atoms with E-state index in [0.717, 1.165) is 0 Å². The van der Waals surface area contributed by atoms with Crippen molar-refractivity contribution in [2.75, 3.05) is 0 Å². The Hall–Kier alpha value is -2.90. The summed E-state index contributed by atoms with van der Waals surface area (Å²) in [5, 5.41) is 19.8. The van der Waals surface area contributed by atoms with E-state index in [2.05, 4.69) is 5.32 Å². The molecule has 0 aromatic heterocycles. The Morgan fingerprint density at radius 2 is 1.96 bits per heavy atom. The van der Waals surface area contributed by atoms with Crippen molar-refractivity contribution >= 4 is 23.6 Å². The van der Waals surface area contributed by atoms with Crippen molar-refractivity contribution in [1.29, 1.82) is 0 Å². The first-order chi connectivity index (χ1) is 11.1. The minimum atomic E-state index is -1.56. The van der Waals surface area contributed by atoms with E-state index in [-0.39, 0.29) is 23.3 Å². The second kappa shape index (κ2) is 6.31. The number of benzene rings is 1. The van der Waals surface area contributed by atoms with E-state index in [1.165, 1.54) is 18.2 Å². The van der Waals surface area contributed by atoms with Crippen LogP contribution in [-0.4, -0.2) is 45.5 Å². The van der Waals surface area contributed by atoms with Gasteiger partial charge in [0.25, 0.3) is 5.91 Å². The van der Waals surface area contributed by atoms with Gasteiger partial charge in [0, 0.05) is 5.56 Å². The molecule has 2 rings (SSSR count). The zero-order chi connectivity index (χ0) is 18.1. The number of ketones is 1. The largest absolute Gasteiger partial charge is 0.487 e. The van der Waals surface area contributed by atoms with Crippen molar-refractivity contribution in [3.63, 3.8) is 0 Å². The molecule has 24 heavy (non-hydrogen) atoms. The van der Waals surface area contributed by atoms with Crippen LogP contribution >= 0.6 is 0 Å². The van der Waals surface area contributed by atoms with Crippen LogP contribution in [0.15, 0.2) is 18.2 Å². The second-order valence-electron chi connectivity index (χ2n) is 6.13. The van der Waals surface area contributed by atoms with Gasteiger partial charge in [-0.2, -0.15) is 0 Å². The normalized spacial score (nSPS) is 16.5. The third-order valence-corrected chi connectivity index (χ3v) is 3.50. The Morgan fingerprint density at radius 1 is 1.29 bits per heavy atom. The van der Waals surface area contributed by atoms with Gasteiger partial charge in [0.2, 0.25) is 0 Å². The SMILES string of the molecule is CC1(C)CC(=O)c2cc(C(=O)NC(CC(=O)O)C(=O)O)ccc2O1. The van der Waals surface area contributed by atoms with Gasteiger partial charge in [0.15, 0.2) is 5.78 Å². The summed E-state index contributed by atoms with van der Waals surface area (Å²) in [5.41, 5.74) is -0.335. The molecule has 1 amide bonds. The number of amides is 1. The van der Waals surface area contributed by atoms with Crippen molar-refractivity contribution in [1.82, 2.24) is 5.32 Å². The van der Waals surface area contributed by atoms with Gasteiger partial charge in [0.1, 0.15) is 17.4 Å². The summed E-state index contributed by atoms with van der Waals surface area (Å²) in [5.74, 6) is -3.41. The maximum atomic E-state index is 12.2. The van der Waals surface area contributed by atoms with E-state index in [1.54, 1.807) is 13.8 Å². The monoisotopic (exact) mass is 335 g/mol. The quantitative estimate of drug-likeness (QED) is 0.734. The molecule has 1 heterocycles. The molecule has 0 spiro atoms. The summed E-state index contributed by atoms with van der Waals surface area (Å²) in [6.07, 6.45) is -0.593. The number of rotatable bonds is 5. The first-order valence-corrected chi connectivity index (χ1v) is 7.21. The predicted octanol–water partition coefficient (Wildman–Crippen LogP) is 1.09. The number of aliphatic carboxylic acids is 2. The number of hydrogen-bond donors (Lipinski definition) is 3. The molecule has 0 saturated carbocycles. The number of ether oxygens (including phenoxy) is 1. The van der Waals surface area contributed by atoms with Crippen LogP contribution in [0.25, 0.3) is 0 Å². The molecule has 1 aromatic rings. The lowest BCUT2D eigenvalue weighted by atomic mass is 9.92. The Bertz CT molecular complexity index is 723. The van der Waals surface area contributed by atoms with E-state index < -0.39 is 35.9 Å². The van der Waals surface area contributed by atoms with Crippen LogP contribution < -0.4 is 10.1 Å². The highest BCUT2D eigenvalue weighted by Crippen LogP contribution is 2.33. The first kappa shape index (κ1) is 17.5. The third kappa shape index (κ3) is 3.89. The first-order valence-electron chi connectivity index (χ1n) is 7.21. The number of carbonyl (C=O) groups is 4. The van der Waals surface area contributed by atoms with Crippen molar-refractivity contribution in [2.45, 2.75) is 38.3 Å². The van der Waals surface area contributed by atoms with Gasteiger partial charge in [0.05, 0.1) is 18.4 Å². The van der Waals surface area contributed by atoms with Crippen LogP contribution in [0.2, 0.25) is 0 Å². The fourth-order valence-electron chi connectivity index (χ4n) is 2.41. The van der Waals surface area contributed by atoms with Gasteiger partial charge in [-0.05, 0) is 32.0 Å². The number of Topliss-reactive ketones (excluding diaryl/α,β-unsaturated/α-hetero) is 1. The van der Waals surface area contributed by atoms with Crippen LogP contribution in [0, 0.1) is 0 Å². The summed E-state index contributed by atoms with van der Waals surface area (Å²) >= 11 is 0. The zero-order valence-electron chi connectivity index (χ0n) is 13.2. The fraction of sp³-hybridized carbons (Fsp3) is 0.375. The van der Waals surface area contributed by atoms with E-state index >= 15 is 0 Å². The molecule has 0 saturated heterocycles. The van der Waals surface area contributed by atoms with Gasteiger partial charge in [-0.25, -0.2) is 4.79 Å². The lowest BCUT2D eigenvalue weighted by Crippen LogP contribution is -2.42. The second-order valence-corrected chi connectivity index (χ2v) is 6.13.